The fraction of sp³-hybridized carbons (Fsp3) is 0.941. The molecule has 0 radical (unpaired) electrons. The lowest BCUT2D eigenvalue weighted by Gasteiger charge is -2.18. The summed E-state index contributed by atoms with van der Waals surface area (Å²) in [6, 6.07) is 0. The van der Waals surface area contributed by atoms with Gasteiger partial charge in [0.25, 0.3) is 0 Å². The molecule has 0 aromatic rings. The van der Waals surface area contributed by atoms with Gasteiger partial charge in [-0.25, -0.2) is 0 Å². The molecule has 0 aliphatic carbocycles. The van der Waals surface area contributed by atoms with Gasteiger partial charge < -0.3 is 14.2 Å². The second-order valence-corrected chi connectivity index (χ2v) is 17.9. The van der Waals surface area contributed by atoms with Gasteiger partial charge in [0.15, 0.2) is 6.10 Å². The highest BCUT2D eigenvalue weighted by molar-refractivity contribution is 5.71. The van der Waals surface area contributed by atoms with Crippen LogP contribution in [0.25, 0.3) is 0 Å². The van der Waals surface area contributed by atoms with Crippen LogP contribution in [0.2, 0.25) is 0 Å². The molecule has 0 fully saturated rings. The molecular weight excluding hydrogens is 709 g/mol. The number of carbonyl (C=O) groups excluding carboxylic acids is 3. The monoisotopic (exact) mass is 807 g/mol. The molecule has 0 bridgehead atoms. The average molecular weight is 807 g/mol. The lowest BCUT2D eigenvalue weighted by molar-refractivity contribution is -0.167. The summed E-state index contributed by atoms with van der Waals surface area (Å²) in [6.45, 7) is 8.96. The predicted molar refractivity (Wildman–Crippen MR) is 243 cm³/mol. The third kappa shape index (κ3) is 45.3. The number of esters is 3. The molecule has 1 atom stereocenters. The number of ether oxygens (including phenoxy) is 3. The Balaban J connectivity index is 4.05. The molecule has 0 spiro atoms. The Labute approximate surface area is 355 Å². The van der Waals surface area contributed by atoms with Crippen LogP contribution < -0.4 is 0 Å². The van der Waals surface area contributed by atoms with Crippen LogP contribution in [-0.2, 0) is 28.6 Å². The maximum Gasteiger partial charge on any atom is 0.306 e. The van der Waals surface area contributed by atoms with Crippen LogP contribution in [0.4, 0.5) is 0 Å². The highest BCUT2D eigenvalue weighted by Crippen LogP contribution is 2.17. The standard InChI is InChI=1S/C51H98O6/c1-5-7-9-11-12-13-14-15-18-22-25-28-31-35-38-42-49(52)55-45-48(57-51(54)44-40-33-10-8-6-2)46-56-50(53)43-39-36-32-29-26-23-20-17-16-19-21-24-27-30-34-37-41-47(3)4/h47-48H,5-46H2,1-4H3/t48-/m1/s1. The smallest absolute Gasteiger partial charge is 0.306 e. The Morgan fingerprint density at radius 1 is 0.333 bits per heavy atom. The van der Waals surface area contributed by atoms with Crippen molar-refractivity contribution < 1.29 is 28.6 Å². The minimum Gasteiger partial charge on any atom is -0.462 e. The maximum atomic E-state index is 12.6. The van der Waals surface area contributed by atoms with Crippen molar-refractivity contribution in [1.82, 2.24) is 0 Å². The Morgan fingerprint density at radius 3 is 0.860 bits per heavy atom. The van der Waals surface area contributed by atoms with E-state index in [1.165, 1.54) is 173 Å². The van der Waals surface area contributed by atoms with E-state index in [1.807, 2.05) is 0 Å². The molecule has 0 N–H and O–H groups in total. The highest BCUT2D eigenvalue weighted by Gasteiger charge is 2.19. The van der Waals surface area contributed by atoms with Gasteiger partial charge in [0.05, 0.1) is 0 Å². The molecule has 0 saturated carbocycles. The number of carbonyl (C=O) groups is 3. The first kappa shape index (κ1) is 55.4. The number of unbranched alkanes of at least 4 members (excludes halogenated alkanes) is 33. The van der Waals surface area contributed by atoms with E-state index in [0.717, 1.165) is 70.1 Å². The van der Waals surface area contributed by atoms with Crippen molar-refractivity contribution in [2.75, 3.05) is 13.2 Å². The van der Waals surface area contributed by atoms with Crippen LogP contribution in [0, 0.1) is 5.92 Å². The lowest BCUT2D eigenvalue weighted by Crippen LogP contribution is -2.30. The van der Waals surface area contributed by atoms with Crippen LogP contribution in [0.15, 0.2) is 0 Å². The average Bonchev–Trinajstić information content (AvgIpc) is 3.19. The van der Waals surface area contributed by atoms with E-state index in [-0.39, 0.29) is 31.1 Å². The van der Waals surface area contributed by atoms with E-state index in [1.54, 1.807) is 0 Å². The van der Waals surface area contributed by atoms with E-state index in [2.05, 4.69) is 27.7 Å². The summed E-state index contributed by atoms with van der Waals surface area (Å²) in [5.74, 6) is -0.00800. The summed E-state index contributed by atoms with van der Waals surface area (Å²) in [5, 5.41) is 0. The Morgan fingerprint density at radius 2 is 0.579 bits per heavy atom. The topological polar surface area (TPSA) is 78.9 Å². The van der Waals surface area contributed by atoms with Gasteiger partial charge in [0.2, 0.25) is 0 Å². The van der Waals surface area contributed by atoms with E-state index < -0.39 is 6.10 Å². The van der Waals surface area contributed by atoms with E-state index >= 15 is 0 Å². The summed E-state index contributed by atoms with van der Waals surface area (Å²) >= 11 is 0. The molecule has 6 nitrogen and oxygen atoms in total. The van der Waals surface area contributed by atoms with Crippen molar-refractivity contribution in [3.63, 3.8) is 0 Å². The molecule has 0 aliphatic heterocycles. The van der Waals surface area contributed by atoms with Gasteiger partial charge in [0.1, 0.15) is 13.2 Å². The summed E-state index contributed by atoms with van der Waals surface area (Å²) in [5.41, 5.74) is 0. The lowest BCUT2D eigenvalue weighted by atomic mass is 10.0. The number of rotatable bonds is 46. The van der Waals surface area contributed by atoms with E-state index in [0.29, 0.717) is 19.3 Å². The summed E-state index contributed by atoms with van der Waals surface area (Å²) in [7, 11) is 0. The van der Waals surface area contributed by atoms with E-state index in [4.69, 9.17) is 14.2 Å². The number of hydrogen-bond acceptors (Lipinski definition) is 6. The van der Waals surface area contributed by atoms with Crippen LogP contribution in [0.5, 0.6) is 0 Å². The minimum atomic E-state index is -0.758. The zero-order chi connectivity index (χ0) is 41.7. The zero-order valence-corrected chi connectivity index (χ0v) is 38.8. The van der Waals surface area contributed by atoms with Gasteiger partial charge in [0, 0.05) is 19.3 Å². The van der Waals surface area contributed by atoms with Crippen molar-refractivity contribution in [1.29, 1.82) is 0 Å². The van der Waals surface area contributed by atoms with Gasteiger partial charge in [-0.3, -0.25) is 14.4 Å². The molecular formula is C51H98O6. The third-order valence-electron chi connectivity index (χ3n) is 11.5. The Kier molecular flexibility index (Phi) is 44.2. The van der Waals surface area contributed by atoms with E-state index in [9.17, 15) is 14.4 Å². The molecule has 0 aromatic heterocycles. The molecule has 0 rings (SSSR count). The van der Waals surface area contributed by atoms with Crippen LogP contribution in [0.1, 0.15) is 285 Å². The third-order valence-corrected chi connectivity index (χ3v) is 11.5. The first-order chi connectivity index (χ1) is 27.9. The summed E-state index contributed by atoms with van der Waals surface area (Å²) in [4.78, 5) is 37.6. The summed E-state index contributed by atoms with van der Waals surface area (Å²) < 4.78 is 16.7. The fourth-order valence-electron chi connectivity index (χ4n) is 7.69. The molecule has 0 saturated heterocycles. The molecule has 0 heterocycles. The zero-order valence-electron chi connectivity index (χ0n) is 38.8. The number of hydrogen-bond donors (Lipinski definition) is 0. The van der Waals surface area contributed by atoms with Crippen LogP contribution in [0.3, 0.4) is 0 Å². The first-order valence-electron chi connectivity index (χ1n) is 25.4. The van der Waals surface area contributed by atoms with Crippen molar-refractivity contribution >= 4 is 17.9 Å². The predicted octanol–water partition coefficient (Wildman–Crippen LogP) is 16.3. The second-order valence-electron chi connectivity index (χ2n) is 17.9. The van der Waals surface area contributed by atoms with Gasteiger partial charge in [-0.15, -0.1) is 0 Å². The molecule has 6 heteroatoms. The van der Waals surface area contributed by atoms with Gasteiger partial charge in [-0.05, 0) is 25.2 Å². The SMILES string of the molecule is CCCCCCCCCCCCCCCCCC(=O)OC[C@H](COC(=O)CCCCCCCCCCCCCCCCCCC(C)C)OC(=O)CCCCCCC. The largest absolute Gasteiger partial charge is 0.462 e. The van der Waals surface area contributed by atoms with Crippen molar-refractivity contribution in [3.05, 3.63) is 0 Å². The molecule has 0 unspecified atom stereocenters. The Bertz CT molecular complexity index is 857. The summed E-state index contributed by atoms with van der Waals surface area (Å²) in [6.07, 6.45) is 47.0. The van der Waals surface area contributed by atoms with Gasteiger partial charge >= 0.3 is 17.9 Å². The van der Waals surface area contributed by atoms with Crippen molar-refractivity contribution in [3.8, 4) is 0 Å². The van der Waals surface area contributed by atoms with Gasteiger partial charge in [-0.2, -0.15) is 0 Å². The highest BCUT2D eigenvalue weighted by atomic mass is 16.6. The van der Waals surface area contributed by atoms with Crippen LogP contribution in [-0.4, -0.2) is 37.2 Å². The fourth-order valence-corrected chi connectivity index (χ4v) is 7.69. The minimum absolute atomic E-state index is 0.0644. The van der Waals surface area contributed by atoms with Crippen LogP contribution >= 0.6 is 0 Å². The quantitative estimate of drug-likeness (QED) is 0.0346. The first-order valence-corrected chi connectivity index (χ1v) is 25.4. The van der Waals surface area contributed by atoms with Crippen molar-refractivity contribution in [2.45, 2.75) is 291 Å². The maximum absolute atomic E-state index is 12.6. The van der Waals surface area contributed by atoms with Gasteiger partial charge in [-0.1, -0.05) is 246 Å². The molecule has 338 valence electrons. The molecule has 0 aromatic carbocycles. The molecule has 57 heavy (non-hydrogen) atoms. The Hall–Kier alpha value is -1.59. The molecule has 0 aliphatic rings. The molecule has 0 amide bonds. The van der Waals surface area contributed by atoms with Crippen molar-refractivity contribution in [2.24, 2.45) is 5.92 Å². The second kappa shape index (κ2) is 45.5. The normalized spacial score (nSPS) is 11.9.